The SMILES string of the molecule is CCCNCc1ccccc1OCc1cc(CC)nn1C. The molecule has 2 rings (SSSR count). The van der Waals surface area contributed by atoms with Gasteiger partial charge < -0.3 is 10.1 Å². The Bertz CT molecular complexity index is 563. The molecule has 0 aliphatic carbocycles. The van der Waals surface area contributed by atoms with Crippen molar-refractivity contribution in [3.8, 4) is 5.75 Å². The van der Waals surface area contributed by atoms with Crippen molar-refractivity contribution in [1.82, 2.24) is 15.1 Å². The van der Waals surface area contributed by atoms with Crippen molar-refractivity contribution in [2.45, 2.75) is 39.8 Å². The highest BCUT2D eigenvalue weighted by atomic mass is 16.5. The first-order valence-corrected chi connectivity index (χ1v) is 7.67. The quantitative estimate of drug-likeness (QED) is 0.758. The van der Waals surface area contributed by atoms with E-state index in [1.165, 1.54) is 5.56 Å². The second-order valence-electron chi connectivity index (χ2n) is 5.18. The lowest BCUT2D eigenvalue weighted by atomic mass is 10.2. The van der Waals surface area contributed by atoms with Gasteiger partial charge in [0.05, 0.1) is 11.4 Å². The van der Waals surface area contributed by atoms with Crippen LogP contribution in [0.1, 0.15) is 37.2 Å². The van der Waals surface area contributed by atoms with Crippen LogP contribution in [-0.4, -0.2) is 16.3 Å². The van der Waals surface area contributed by atoms with Gasteiger partial charge in [0.25, 0.3) is 0 Å². The molecule has 0 bridgehead atoms. The Kier molecular flexibility index (Phi) is 5.81. The highest BCUT2D eigenvalue weighted by Crippen LogP contribution is 2.19. The molecule has 1 N–H and O–H groups in total. The van der Waals surface area contributed by atoms with E-state index in [9.17, 15) is 0 Å². The topological polar surface area (TPSA) is 39.1 Å². The molecule has 0 saturated heterocycles. The average Bonchev–Trinajstić information content (AvgIpc) is 2.87. The third-order valence-electron chi connectivity index (χ3n) is 3.48. The zero-order valence-corrected chi connectivity index (χ0v) is 13.2. The van der Waals surface area contributed by atoms with Crippen LogP contribution in [0.3, 0.4) is 0 Å². The number of aromatic nitrogens is 2. The van der Waals surface area contributed by atoms with Crippen molar-refractivity contribution < 1.29 is 4.74 Å². The summed E-state index contributed by atoms with van der Waals surface area (Å²) < 4.78 is 7.89. The lowest BCUT2D eigenvalue weighted by molar-refractivity contribution is 0.291. The summed E-state index contributed by atoms with van der Waals surface area (Å²) in [6.45, 7) is 6.70. The number of hydrogen-bond acceptors (Lipinski definition) is 3. The van der Waals surface area contributed by atoms with E-state index in [1.807, 2.05) is 23.9 Å². The molecule has 0 radical (unpaired) electrons. The van der Waals surface area contributed by atoms with E-state index in [1.54, 1.807) is 0 Å². The molecule has 0 spiro atoms. The zero-order chi connectivity index (χ0) is 15.1. The molecule has 4 nitrogen and oxygen atoms in total. The number of nitrogens with zero attached hydrogens (tertiary/aromatic N) is 2. The molecule has 0 atom stereocenters. The molecule has 1 aromatic heterocycles. The highest BCUT2D eigenvalue weighted by Gasteiger charge is 2.07. The Hall–Kier alpha value is -1.81. The summed E-state index contributed by atoms with van der Waals surface area (Å²) in [4.78, 5) is 0. The molecule has 0 unspecified atom stereocenters. The molecule has 0 amide bonds. The van der Waals surface area contributed by atoms with Gasteiger partial charge in [-0.2, -0.15) is 5.10 Å². The fourth-order valence-corrected chi connectivity index (χ4v) is 2.22. The van der Waals surface area contributed by atoms with Gasteiger partial charge in [-0.15, -0.1) is 0 Å². The molecule has 0 saturated carbocycles. The van der Waals surface area contributed by atoms with Gasteiger partial charge in [0, 0.05) is 19.2 Å². The Balaban J connectivity index is 2.00. The molecule has 4 heteroatoms. The fourth-order valence-electron chi connectivity index (χ4n) is 2.22. The van der Waals surface area contributed by atoms with Crippen LogP contribution in [0.4, 0.5) is 0 Å². The van der Waals surface area contributed by atoms with E-state index in [2.05, 4.69) is 42.5 Å². The van der Waals surface area contributed by atoms with E-state index in [0.29, 0.717) is 6.61 Å². The van der Waals surface area contributed by atoms with Gasteiger partial charge in [-0.05, 0) is 31.5 Å². The lowest BCUT2D eigenvalue weighted by Crippen LogP contribution is -2.14. The first-order valence-electron chi connectivity index (χ1n) is 7.67. The van der Waals surface area contributed by atoms with E-state index in [-0.39, 0.29) is 0 Å². The summed E-state index contributed by atoms with van der Waals surface area (Å²) in [5, 5.41) is 7.87. The first kappa shape index (κ1) is 15.6. The van der Waals surface area contributed by atoms with Crippen LogP contribution in [0.2, 0.25) is 0 Å². The van der Waals surface area contributed by atoms with Gasteiger partial charge in [-0.3, -0.25) is 4.68 Å². The molecule has 0 aliphatic heterocycles. The zero-order valence-electron chi connectivity index (χ0n) is 13.2. The highest BCUT2D eigenvalue weighted by molar-refractivity contribution is 5.33. The summed E-state index contributed by atoms with van der Waals surface area (Å²) in [6.07, 6.45) is 2.09. The number of aryl methyl sites for hydroxylation is 2. The lowest BCUT2D eigenvalue weighted by Gasteiger charge is -2.12. The standard InChI is InChI=1S/C17H25N3O/c1-4-10-18-12-14-8-6-7-9-17(14)21-13-16-11-15(5-2)19-20(16)3/h6-9,11,18H,4-5,10,12-13H2,1-3H3. The summed E-state index contributed by atoms with van der Waals surface area (Å²) in [7, 11) is 1.96. The van der Waals surface area contributed by atoms with Crippen LogP contribution in [0.5, 0.6) is 5.75 Å². The Morgan fingerprint density at radius 1 is 1.24 bits per heavy atom. The molecular weight excluding hydrogens is 262 g/mol. The number of hydrogen-bond donors (Lipinski definition) is 1. The van der Waals surface area contributed by atoms with Gasteiger partial charge in [0.15, 0.2) is 0 Å². The molecule has 2 aromatic rings. The van der Waals surface area contributed by atoms with Crippen LogP contribution in [0.15, 0.2) is 30.3 Å². The van der Waals surface area contributed by atoms with Gasteiger partial charge >= 0.3 is 0 Å². The van der Waals surface area contributed by atoms with E-state index in [0.717, 1.165) is 43.1 Å². The van der Waals surface area contributed by atoms with E-state index >= 15 is 0 Å². The van der Waals surface area contributed by atoms with Gasteiger partial charge in [0.1, 0.15) is 12.4 Å². The molecule has 1 heterocycles. The minimum atomic E-state index is 0.550. The Morgan fingerprint density at radius 3 is 2.76 bits per heavy atom. The van der Waals surface area contributed by atoms with Crippen molar-refractivity contribution in [2.75, 3.05) is 6.54 Å². The van der Waals surface area contributed by atoms with E-state index in [4.69, 9.17) is 4.74 Å². The molecule has 21 heavy (non-hydrogen) atoms. The van der Waals surface area contributed by atoms with Crippen molar-refractivity contribution >= 4 is 0 Å². The van der Waals surface area contributed by atoms with Gasteiger partial charge in [-0.25, -0.2) is 0 Å². The molecule has 1 aromatic carbocycles. The normalized spacial score (nSPS) is 10.8. The van der Waals surface area contributed by atoms with Crippen molar-refractivity contribution in [1.29, 1.82) is 0 Å². The number of para-hydroxylation sites is 1. The maximum Gasteiger partial charge on any atom is 0.130 e. The van der Waals surface area contributed by atoms with Crippen molar-refractivity contribution in [3.63, 3.8) is 0 Å². The minimum Gasteiger partial charge on any atom is -0.487 e. The maximum atomic E-state index is 5.99. The van der Waals surface area contributed by atoms with Crippen LogP contribution in [0.25, 0.3) is 0 Å². The second-order valence-corrected chi connectivity index (χ2v) is 5.18. The number of nitrogens with one attached hydrogen (secondary N) is 1. The summed E-state index contributed by atoms with van der Waals surface area (Å²) in [5.74, 6) is 0.945. The summed E-state index contributed by atoms with van der Waals surface area (Å²) in [5.41, 5.74) is 3.40. The summed E-state index contributed by atoms with van der Waals surface area (Å²) in [6, 6.07) is 10.3. The number of ether oxygens (including phenoxy) is 1. The van der Waals surface area contributed by atoms with Crippen LogP contribution >= 0.6 is 0 Å². The monoisotopic (exact) mass is 287 g/mol. The van der Waals surface area contributed by atoms with Crippen molar-refractivity contribution in [3.05, 3.63) is 47.3 Å². The average molecular weight is 287 g/mol. The molecule has 114 valence electrons. The largest absolute Gasteiger partial charge is 0.487 e. The molecule has 0 aliphatic rings. The van der Waals surface area contributed by atoms with Crippen LogP contribution in [-0.2, 0) is 26.6 Å². The molecular formula is C17H25N3O. The number of benzene rings is 1. The second kappa shape index (κ2) is 7.84. The van der Waals surface area contributed by atoms with Crippen LogP contribution < -0.4 is 10.1 Å². The van der Waals surface area contributed by atoms with Crippen molar-refractivity contribution in [2.24, 2.45) is 7.05 Å². The van der Waals surface area contributed by atoms with Crippen LogP contribution in [0, 0.1) is 0 Å². The van der Waals surface area contributed by atoms with Gasteiger partial charge in [-0.1, -0.05) is 32.0 Å². The Morgan fingerprint density at radius 2 is 2.05 bits per heavy atom. The first-order chi connectivity index (χ1) is 10.2. The predicted octanol–water partition coefficient (Wildman–Crippen LogP) is 3.06. The smallest absolute Gasteiger partial charge is 0.130 e. The third kappa shape index (κ3) is 4.33. The minimum absolute atomic E-state index is 0.550. The third-order valence-corrected chi connectivity index (χ3v) is 3.48. The predicted molar refractivity (Wildman–Crippen MR) is 85.4 cm³/mol. The van der Waals surface area contributed by atoms with Gasteiger partial charge in [0.2, 0.25) is 0 Å². The number of rotatable bonds is 8. The Labute approximate surface area is 127 Å². The van der Waals surface area contributed by atoms with E-state index < -0.39 is 0 Å². The maximum absolute atomic E-state index is 5.99. The fraction of sp³-hybridized carbons (Fsp3) is 0.471. The summed E-state index contributed by atoms with van der Waals surface area (Å²) >= 11 is 0. The molecule has 0 fully saturated rings.